The highest BCUT2D eigenvalue weighted by molar-refractivity contribution is 7.03. The molecule has 2 fully saturated rings. The third kappa shape index (κ3) is 1.85. The molecule has 0 spiro atoms. The van der Waals surface area contributed by atoms with Crippen LogP contribution in [0.25, 0.3) is 0 Å². The van der Waals surface area contributed by atoms with Crippen molar-refractivity contribution in [3.8, 4) is 0 Å². The third-order valence-corrected chi connectivity index (χ3v) is 5.22. The van der Waals surface area contributed by atoms with Gasteiger partial charge < -0.3 is 19.1 Å². The van der Waals surface area contributed by atoms with Gasteiger partial charge in [-0.05, 0) is 41.5 Å². The molecule has 0 aromatic rings. The van der Waals surface area contributed by atoms with E-state index in [1.807, 2.05) is 13.8 Å². The van der Waals surface area contributed by atoms with Gasteiger partial charge in [0.15, 0.2) is 0 Å². The van der Waals surface area contributed by atoms with Crippen molar-refractivity contribution in [3.05, 3.63) is 0 Å². The van der Waals surface area contributed by atoms with Crippen molar-refractivity contribution in [3.63, 3.8) is 0 Å². The molecule has 1 N–H and O–H groups in total. The molecular formula is C12H23B2O4. The maximum Gasteiger partial charge on any atom is 0.439 e. The van der Waals surface area contributed by atoms with Crippen molar-refractivity contribution in [2.75, 3.05) is 0 Å². The first-order chi connectivity index (χ1) is 7.94. The van der Waals surface area contributed by atoms with Crippen LogP contribution in [-0.2, 0) is 14.0 Å². The second-order valence-electron chi connectivity index (χ2n) is 6.86. The van der Waals surface area contributed by atoms with Crippen molar-refractivity contribution in [2.45, 2.75) is 70.9 Å². The van der Waals surface area contributed by atoms with E-state index in [1.54, 1.807) is 21.2 Å². The Hall–Kier alpha value is -0.0301. The fourth-order valence-electron chi connectivity index (χ4n) is 2.35. The summed E-state index contributed by atoms with van der Waals surface area (Å²) in [7, 11) is 1.09. The van der Waals surface area contributed by atoms with Gasteiger partial charge >= 0.3 is 14.4 Å². The van der Waals surface area contributed by atoms with E-state index in [-0.39, 0.29) is 11.2 Å². The Balaban J connectivity index is 1.88. The molecule has 2 rings (SSSR count). The highest BCUT2D eigenvalue weighted by Crippen LogP contribution is 2.63. The zero-order valence-corrected chi connectivity index (χ0v) is 12.4. The summed E-state index contributed by atoms with van der Waals surface area (Å²) < 4.78 is 17.4. The monoisotopic (exact) mass is 253 g/mol. The summed E-state index contributed by atoms with van der Waals surface area (Å²) in [6.45, 7) is 13.4. The van der Waals surface area contributed by atoms with Gasteiger partial charge in [0.05, 0.1) is 22.4 Å². The maximum absolute atomic E-state index is 10.00. The molecule has 0 aromatic heterocycles. The average Bonchev–Trinajstić information content (AvgIpc) is 2.52. The number of fused-ring (bicyclic) bond motifs is 1. The van der Waals surface area contributed by atoms with Gasteiger partial charge in [0.2, 0.25) is 0 Å². The normalized spacial score (nSPS) is 39.8. The molecule has 101 valence electrons. The van der Waals surface area contributed by atoms with E-state index in [9.17, 15) is 5.11 Å². The Morgan fingerprint density at radius 2 is 1.61 bits per heavy atom. The Kier molecular flexibility index (Phi) is 3.00. The van der Waals surface area contributed by atoms with Crippen LogP contribution >= 0.6 is 0 Å². The van der Waals surface area contributed by atoms with Crippen LogP contribution in [0.4, 0.5) is 0 Å². The molecule has 2 unspecified atom stereocenters. The molecule has 1 aliphatic heterocycles. The smallest absolute Gasteiger partial charge is 0.435 e. The SMILES string of the molecule is CC1C2(C)OB([B]OC(C)(C)C(C)(C)O)OC12C. The molecule has 2 aliphatic rings. The zero-order valence-electron chi connectivity index (χ0n) is 12.4. The zero-order chi connectivity index (χ0) is 14.0. The Labute approximate surface area is 111 Å². The summed E-state index contributed by atoms with van der Waals surface area (Å²) in [4.78, 5) is 0. The first-order valence-corrected chi connectivity index (χ1v) is 6.53. The van der Waals surface area contributed by atoms with E-state index >= 15 is 0 Å². The Bertz CT molecular complexity index is 336. The topological polar surface area (TPSA) is 47.9 Å². The fraction of sp³-hybridized carbons (Fsp3) is 1.00. The lowest BCUT2D eigenvalue weighted by Crippen LogP contribution is -2.50. The molecule has 1 aliphatic carbocycles. The van der Waals surface area contributed by atoms with Crippen LogP contribution in [-0.4, -0.2) is 41.9 Å². The molecule has 1 radical (unpaired) electrons. The van der Waals surface area contributed by atoms with E-state index < -0.39 is 18.2 Å². The van der Waals surface area contributed by atoms with Crippen LogP contribution < -0.4 is 0 Å². The van der Waals surface area contributed by atoms with Crippen LogP contribution in [0.3, 0.4) is 0 Å². The minimum Gasteiger partial charge on any atom is -0.435 e. The van der Waals surface area contributed by atoms with Gasteiger partial charge in [-0.3, -0.25) is 0 Å². The van der Waals surface area contributed by atoms with Gasteiger partial charge in [-0.25, -0.2) is 0 Å². The van der Waals surface area contributed by atoms with Crippen molar-refractivity contribution < 1.29 is 19.1 Å². The number of aliphatic hydroxyl groups is 1. The molecular weight excluding hydrogens is 230 g/mol. The van der Waals surface area contributed by atoms with Crippen LogP contribution in [0, 0.1) is 5.92 Å². The Morgan fingerprint density at radius 1 is 1.17 bits per heavy atom. The molecule has 1 saturated heterocycles. The molecule has 1 saturated carbocycles. The maximum atomic E-state index is 10.00. The average molecular weight is 253 g/mol. The Morgan fingerprint density at radius 3 is 2.00 bits per heavy atom. The van der Waals surface area contributed by atoms with Gasteiger partial charge in [0.1, 0.15) is 0 Å². The van der Waals surface area contributed by atoms with Crippen LogP contribution in [0.2, 0.25) is 0 Å². The molecule has 6 heteroatoms. The lowest BCUT2D eigenvalue weighted by atomic mass is 9.55. The van der Waals surface area contributed by atoms with E-state index in [0.717, 1.165) is 0 Å². The minimum atomic E-state index is -0.938. The second kappa shape index (κ2) is 3.75. The lowest BCUT2D eigenvalue weighted by Gasteiger charge is -2.38. The van der Waals surface area contributed by atoms with Gasteiger partial charge in [0, 0.05) is 5.92 Å². The van der Waals surface area contributed by atoms with Crippen molar-refractivity contribution in [1.82, 2.24) is 0 Å². The number of rotatable bonds is 4. The lowest BCUT2D eigenvalue weighted by molar-refractivity contribution is -0.0895. The molecule has 0 amide bonds. The number of hydrogen-bond acceptors (Lipinski definition) is 4. The van der Waals surface area contributed by atoms with Gasteiger partial charge in [-0.15, -0.1) is 0 Å². The standard InChI is InChI=1S/C12H23B2O4/c1-8-11(6)12(8,7)18-14(17-11)13-16-10(4,5)9(2,3)15/h8,15H,1-7H3. The second-order valence-corrected chi connectivity index (χ2v) is 6.86. The molecule has 18 heavy (non-hydrogen) atoms. The summed E-state index contributed by atoms with van der Waals surface area (Å²) in [6, 6.07) is 0. The number of hydrogen-bond donors (Lipinski definition) is 1. The van der Waals surface area contributed by atoms with Crippen LogP contribution in [0.15, 0.2) is 0 Å². The largest absolute Gasteiger partial charge is 0.439 e. The van der Waals surface area contributed by atoms with E-state index in [2.05, 4.69) is 20.8 Å². The molecule has 2 atom stereocenters. The fourth-order valence-corrected chi connectivity index (χ4v) is 2.35. The first kappa shape index (κ1) is 14.4. The summed E-state index contributed by atoms with van der Waals surface area (Å²) in [5.74, 6) is 0.400. The summed E-state index contributed by atoms with van der Waals surface area (Å²) in [5, 5.41) is 10.00. The third-order valence-electron chi connectivity index (χ3n) is 5.22. The highest BCUT2D eigenvalue weighted by Gasteiger charge is 2.77. The predicted octanol–water partition coefficient (Wildman–Crippen LogP) is 1.37. The van der Waals surface area contributed by atoms with Gasteiger partial charge in [-0.1, -0.05) is 6.92 Å². The predicted molar refractivity (Wildman–Crippen MR) is 71.1 cm³/mol. The van der Waals surface area contributed by atoms with Crippen molar-refractivity contribution in [2.24, 2.45) is 5.92 Å². The molecule has 0 bridgehead atoms. The summed E-state index contributed by atoms with van der Waals surface area (Å²) in [6.07, 6.45) is 0. The summed E-state index contributed by atoms with van der Waals surface area (Å²) >= 11 is 0. The van der Waals surface area contributed by atoms with Crippen molar-refractivity contribution in [1.29, 1.82) is 0 Å². The van der Waals surface area contributed by atoms with E-state index in [4.69, 9.17) is 14.0 Å². The molecule has 1 heterocycles. The van der Waals surface area contributed by atoms with Crippen LogP contribution in [0.1, 0.15) is 48.5 Å². The van der Waals surface area contributed by atoms with Crippen molar-refractivity contribution >= 4 is 14.4 Å². The molecule has 4 nitrogen and oxygen atoms in total. The van der Waals surface area contributed by atoms with E-state index in [1.165, 1.54) is 0 Å². The first-order valence-electron chi connectivity index (χ1n) is 6.53. The highest BCUT2D eigenvalue weighted by atomic mass is 16.7. The van der Waals surface area contributed by atoms with E-state index in [0.29, 0.717) is 5.92 Å². The quantitative estimate of drug-likeness (QED) is 0.768. The van der Waals surface area contributed by atoms with Gasteiger partial charge in [-0.2, -0.15) is 0 Å². The van der Waals surface area contributed by atoms with Crippen LogP contribution in [0.5, 0.6) is 0 Å². The minimum absolute atomic E-state index is 0.212. The molecule has 0 aromatic carbocycles. The van der Waals surface area contributed by atoms with Gasteiger partial charge in [0.25, 0.3) is 0 Å². The summed E-state index contributed by atoms with van der Waals surface area (Å²) in [5.41, 5.74) is -2.06.